The van der Waals surface area contributed by atoms with E-state index in [0.29, 0.717) is 6.04 Å². The maximum Gasteiger partial charge on any atom is 0.0130 e. The van der Waals surface area contributed by atoms with Gasteiger partial charge in [0.15, 0.2) is 0 Å². The third-order valence-electron chi connectivity index (χ3n) is 6.19. The molecule has 29 heavy (non-hydrogen) atoms. The number of hydrogen-bond acceptors (Lipinski definition) is 1. The molecule has 0 spiro atoms. The number of unbranched alkanes of at least 4 members (excludes halogenated alkanes) is 14. The lowest BCUT2D eigenvalue weighted by Crippen LogP contribution is -2.30. The molecule has 0 aromatic heterocycles. The Morgan fingerprint density at radius 2 is 1.03 bits per heavy atom. The van der Waals surface area contributed by atoms with Crippen molar-refractivity contribution in [2.24, 2.45) is 0 Å². The number of halogens is 1. The van der Waals surface area contributed by atoms with Crippen molar-refractivity contribution in [1.82, 2.24) is 4.90 Å². The van der Waals surface area contributed by atoms with Gasteiger partial charge in [0.05, 0.1) is 0 Å². The zero-order valence-electron chi connectivity index (χ0n) is 19.8. The first kappa shape index (κ1) is 28.7. The molecule has 0 aliphatic heterocycles. The Morgan fingerprint density at radius 3 is 1.45 bits per heavy atom. The van der Waals surface area contributed by atoms with Crippen molar-refractivity contribution in [3.8, 4) is 0 Å². The highest BCUT2D eigenvalue weighted by Crippen LogP contribution is 2.16. The fourth-order valence-electron chi connectivity index (χ4n) is 4.18. The third kappa shape index (κ3) is 17.1. The maximum atomic E-state index is 2.41. The third-order valence-corrected chi connectivity index (χ3v) is 6.19. The first-order valence-electron chi connectivity index (χ1n) is 12.4. The summed E-state index contributed by atoms with van der Waals surface area (Å²) in [7, 11) is 4.47. The van der Waals surface area contributed by atoms with Crippen LogP contribution in [0.3, 0.4) is 0 Å². The van der Waals surface area contributed by atoms with Gasteiger partial charge in [-0.05, 0) is 32.5 Å². The van der Waals surface area contributed by atoms with Crippen LogP contribution in [0.5, 0.6) is 0 Å². The summed E-state index contributed by atoms with van der Waals surface area (Å²) in [5.74, 6) is 0. The van der Waals surface area contributed by atoms with Crippen molar-refractivity contribution in [2.45, 2.75) is 122 Å². The van der Waals surface area contributed by atoms with E-state index < -0.39 is 0 Å². The van der Waals surface area contributed by atoms with Crippen LogP contribution in [0, 0.1) is 0 Å². The van der Waals surface area contributed by atoms with E-state index in [9.17, 15) is 0 Å². The summed E-state index contributed by atoms with van der Waals surface area (Å²) in [4.78, 5) is 2.41. The van der Waals surface area contributed by atoms with Gasteiger partial charge in [0.2, 0.25) is 0 Å². The Bertz CT molecular complexity index is 431. The molecule has 0 saturated carbocycles. The van der Waals surface area contributed by atoms with Gasteiger partial charge >= 0.3 is 0 Å². The average molecular weight is 469 g/mol. The van der Waals surface area contributed by atoms with Crippen LogP contribution < -0.4 is 0 Å². The smallest absolute Gasteiger partial charge is 0.0130 e. The van der Waals surface area contributed by atoms with Crippen molar-refractivity contribution in [3.05, 3.63) is 35.9 Å². The molecule has 0 bridgehead atoms. The molecule has 1 atom stereocenters. The topological polar surface area (TPSA) is 3.24 Å². The fourth-order valence-corrected chi connectivity index (χ4v) is 4.18. The maximum absolute atomic E-state index is 2.41. The Labute approximate surface area is 193 Å². The zero-order chi connectivity index (χ0) is 20.3. The first-order valence-corrected chi connectivity index (χ1v) is 12.4. The first-order chi connectivity index (χ1) is 13.7. The summed E-state index contributed by atoms with van der Waals surface area (Å²) in [5.41, 5.74) is 1.47. The molecule has 0 radical (unpaired) electrons. The van der Waals surface area contributed by atoms with Crippen LogP contribution in [0.2, 0.25) is 0 Å². The molecule has 0 N–H and O–H groups in total. The van der Waals surface area contributed by atoms with Crippen molar-refractivity contribution >= 4 is 17.0 Å². The molecule has 1 rings (SSSR count). The van der Waals surface area contributed by atoms with Crippen LogP contribution in [-0.2, 0) is 6.42 Å². The quantitative estimate of drug-likeness (QED) is 0.183. The number of hydrogen-bond donors (Lipinski definition) is 0. The SMILES string of the molecule is Br.CCCCCCCCCCCCCCCCCC(Cc1ccccc1)N(C)C. The van der Waals surface area contributed by atoms with Crippen LogP contribution >= 0.6 is 17.0 Å². The molecule has 2 heteroatoms. The minimum Gasteiger partial charge on any atom is -0.306 e. The molecule has 0 saturated heterocycles. The van der Waals surface area contributed by atoms with Gasteiger partial charge in [-0.15, -0.1) is 17.0 Å². The van der Waals surface area contributed by atoms with Crippen LogP contribution in [-0.4, -0.2) is 25.0 Å². The fraction of sp³-hybridized carbons (Fsp3) is 0.778. The van der Waals surface area contributed by atoms with E-state index in [1.54, 1.807) is 0 Å². The molecule has 0 aliphatic rings. The van der Waals surface area contributed by atoms with E-state index in [2.05, 4.69) is 56.3 Å². The Kier molecular flexibility index (Phi) is 20.7. The molecule has 0 amide bonds. The standard InChI is InChI=1S/C27H49N.BrH/c1-4-5-6-7-8-9-10-11-12-13-14-15-16-17-21-24-27(28(2)3)25-26-22-19-18-20-23-26;/h18-20,22-23,27H,4-17,21,24-25H2,1-3H3;1H. The minimum atomic E-state index is 0. The van der Waals surface area contributed by atoms with E-state index in [1.165, 1.54) is 115 Å². The molecule has 1 aromatic carbocycles. The lowest BCUT2D eigenvalue weighted by molar-refractivity contribution is 0.269. The molecule has 0 fully saturated rings. The second kappa shape index (κ2) is 20.9. The summed E-state index contributed by atoms with van der Waals surface area (Å²) in [5, 5.41) is 0. The molecule has 1 unspecified atom stereocenters. The molecule has 0 heterocycles. The van der Waals surface area contributed by atoms with Crippen LogP contribution in [0.25, 0.3) is 0 Å². The summed E-state index contributed by atoms with van der Waals surface area (Å²) in [6.07, 6.45) is 24.2. The van der Waals surface area contributed by atoms with E-state index in [0.717, 1.165) is 0 Å². The normalized spacial score (nSPS) is 12.1. The van der Waals surface area contributed by atoms with E-state index in [-0.39, 0.29) is 17.0 Å². The molecule has 0 aliphatic carbocycles. The minimum absolute atomic E-state index is 0. The monoisotopic (exact) mass is 467 g/mol. The van der Waals surface area contributed by atoms with Crippen molar-refractivity contribution in [1.29, 1.82) is 0 Å². The Balaban J connectivity index is 0.00000784. The van der Waals surface area contributed by atoms with Crippen molar-refractivity contribution < 1.29 is 0 Å². The van der Waals surface area contributed by atoms with E-state index in [1.807, 2.05) is 0 Å². The predicted molar refractivity (Wildman–Crippen MR) is 137 cm³/mol. The highest BCUT2D eigenvalue weighted by atomic mass is 79.9. The Morgan fingerprint density at radius 1 is 0.621 bits per heavy atom. The summed E-state index contributed by atoms with van der Waals surface area (Å²) < 4.78 is 0. The second-order valence-corrected chi connectivity index (χ2v) is 9.05. The molecular weight excluding hydrogens is 418 g/mol. The molecule has 1 nitrogen and oxygen atoms in total. The molecular formula is C27H50BrN. The predicted octanol–water partition coefficient (Wildman–Crippen LogP) is 9.00. The van der Waals surface area contributed by atoms with Gasteiger partial charge in [-0.25, -0.2) is 0 Å². The van der Waals surface area contributed by atoms with Gasteiger partial charge in [-0.3, -0.25) is 0 Å². The van der Waals surface area contributed by atoms with E-state index >= 15 is 0 Å². The number of nitrogens with zero attached hydrogens (tertiary/aromatic N) is 1. The van der Waals surface area contributed by atoms with Crippen LogP contribution in [0.15, 0.2) is 30.3 Å². The zero-order valence-corrected chi connectivity index (χ0v) is 21.6. The summed E-state index contributed by atoms with van der Waals surface area (Å²) in [6, 6.07) is 11.7. The van der Waals surface area contributed by atoms with Crippen molar-refractivity contribution in [2.75, 3.05) is 14.1 Å². The number of benzene rings is 1. The lowest BCUT2D eigenvalue weighted by atomic mass is 9.98. The highest BCUT2D eigenvalue weighted by molar-refractivity contribution is 8.93. The average Bonchev–Trinajstić information content (AvgIpc) is 2.70. The Hall–Kier alpha value is -0.340. The van der Waals surface area contributed by atoms with Crippen LogP contribution in [0.4, 0.5) is 0 Å². The number of rotatable bonds is 19. The van der Waals surface area contributed by atoms with Gasteiger partial charge in [0.1, 0.15) is 0 Å². The number of likely N-dealkylation sites (N-methyl/N-ethyl adjacent to an activating group) is 1. The van der Waals surface area contributed by atoms with Gasteiger partial charge in [0.25, 0.3) is 0 Å². The van der Waals surface area contributed by atoms with Gasteiger partial charge in [-0.1, -0.05) is 134 Å². The largest absolute Gasteiger partial charge is 0.306 e. The van der Waals surface area contributed by atoms with Gasteiger partial charge < -0.3 is 4.90 Å². The summed E-state index contributed by atoms with van der Waals surface area (Å²) >= 11 is 0. The second-order valence-electron chi connectivity index (χ2n) is 9.05. The van der Waals surface area contributed by atoms with Gasteiger partial charge in [-0.2, -0.15) is 0 Å². The lowest BCUT2D eigenvalue weighted by Gasteiger charge is -2.24. The highest BCUT2D eigenvalue weighted by Gasteiger charge is 2.11. The van der Waals surface area contributed by atoms with Crippen molar-refractivity contribution in [3.63, 3.8) is 0 Å². The van der Waals surface area contributed by atoms with Crippen LogP contribution in [0.1, 0.15) is 115 Å². The summed E-state index contributed by atoms with van der Waals surface area (Å²) in [6.45, 7) is 2.30. The molecule has 1 aromatic rings. The molecule has 170 valence electrons. The van der Waals surface area contributed by atoms with Gasteiger partial charge in [0, 0.05) is 6.04 Å². The van der Waals surface area contributed by atoms with E-state index in [4.69, 9.17) is 0 Å².